The molecule has 0 radical (unpaired) electrons. The highest BCUT2D eigenvalue weighted by Crippen LogP contribution is 2.25. The molecule has 0 saturated heterocycles. The van der Waals surface area contributed by atoms with Crippen molar-refractivity contribution in [3.63, 3.8) is 0 Å². The maximum atomic E-state index is 12.8. The normalized spacial score (nSPS) is 14.9. The predicted octanol–water partition coefficient (Wildman–Crippen LogP) is 2.93. The molecule has 1 fully saturated rings. The van der Waals surface area contributed by atoms with Gasteiger partial charge in [0, 0.05) is 30.3 Å². The Morgan fingerprint density at radius 1 is 1.21 bits per heavy atom. The second kappa shape index (κ2) is 8.42. The molecule has 0 unspecified atom stereocenters. The summed E-state index contributed by atoms with van der Waals surface area (Å²) in [5.41, 5.74) is 0.348. The smallest absolute Gasteiger partial charge is 0.307 e. The first-order valence-corrected chi connectivity index (χ1v) is 8.15. The Morgan fingerprint density at radius 3 is 2.38 bits per heavy atom. The van der Waals surface area contributed by atoms with E-state index in [-0.39, 0.29) is 30.0 Å². The van der Waals surface area contributed by atoms with Gasteiger partial charge in [0.15, 0.2) is 0 Å². The number of benzene rings is 1. The van der Waals surface area contributed by atoms with Crippen molar-refractivity contribution in [2.75, 3.05) is 13.7 Å². The molecule has 0 atom stereocenters. The van der Waals surface area contributed by atoms with E-state index in [1.54, 1.807) is 4.90 Å². The van der Waals surface area contributed by atoms with Crippen LogP contribution in [0.4, 0.5) is 5.69 Å². The second-order valence-electron chi connectivity index (χ2n) is 5.92. The van der Waals surface area contributed by atoms with E-state index in [2.05, 4.69) is 4.74 Å². The predicted molar refractivity (Wildman–Crippen MR) is 87.6 cm³/mol. The molecule has 1 aromatic rings. The lowest BCUT2D eigenvalue weighted by Crippen LogP contribution is -2.42. The number of nitrogens with zero attached hydrogens (tertiary/aromatic N) is 2. The maximum Gasteiger partial charge on any atom is 0.307 e. The minimum Gasteiger partial charge on any atom is -0.469 e. The van der Waals surface area contributed by atoms with Gasteiger partial charge in [-0.3, -0.25) is 19.7 Å². The molecule has 1 aliphatic carbocycles. The first-order valence-electron chi connectivity index (χ1n) is 8.15. The van der Waals surface area contributed by atoms with Gasteiger partial charge >= 0.3 is 5.97 Å². The van der Waals surface area contributed by atoms with Crippen LogP contribution in [-0.4, -0.2) is 41.4 Å². The fourth-order valence-electron chi connectivity index (χ4n) is 3.05. The highest BCUT2D eigenvalue weighted by atomic mass is 16.6. The Morgan fingerprint density at radius 2 is 1.83 bits per heavy atom. The fraction of sp³-hybridized carbons (Fsp3) is 0.529. The van der Waals surface area contributed by atoms with Crippen LogP contribution in [0.25, 0.3) is 0 Å². The van der Waals surface area contributed by atoms with Crippen LogP contribution in [0.5, 0.6) is 0 Å². The van der Waals surface area contributed by atoms with E-state index in [0.29, 0.717) is 12.1 Å². The third-order valence-electron chi connectivity index (χ3n) is 4.39. The van der Waals surface area contributed by atoms with E-state index in [9.17, 15) is 19.7 Å². The van der Waals surface area contributed by atoms with Crippen molar-refractivity contribution >= 4 is 17.6 Å². The first kappa shape index (κ1) is 17.9. The number of esters is 1. The number of rotatable bonds is 6. The van der Waals surface area contributed by atoms with E-state index in [4.69, 9.17) is 0 Å². The molecule has 0 aromatic heterocycles. The van der Waals surface area contributed by atoms with Crippen molar-refractivity contribution in [2.24, 2.45) is 0 Å². The van der Waals surface area contributed by atoms with Crippen LogP contribution in [0.15, 0.2) is 24.3 Å². The van der Waals surface area contributed by atoms with Gasteiger partial charge in [-0.15, -0.1) is 0 Å². The molecular formula is C17H22N2O5. The van der Waals surface area contributed by atoms with Gasteiger partial charge in [0.05, 0.1) is 18.5 Å². The molecule has 0 heterocycles. The van der Waals surface area contributed by atoms with Crippen molar-refractivity contribution in [1.29, 1.82) is 0 Å². The molecule has 1 saturated carbocycles. The van der Waals surface area contributed by atoms with Crippen LogP contribution < -0.4 is 0 Å². The number of amides is 1. The standard InChI is InChI=1S/C17H22N2O5/c1-24-16(20)11-12-18(14-5-3-2-4-6-14)17(21)13-7-9-15(10-8-13)19(22)23/h7-10,14H,2-6,11-12H2,1H3. The number of carbonyl (C=O) groups is 2. The largest absolute Gasteiger partial charge is 0.469 e. The van der Waals surface area contributed by atoms with E-state index in [1.807, 2.05) is 0 Å². The lowest BCUT2D eigenvalue weighted by molar-refractivity contribution is -0.384. The van der Waals surface area contributed by atoms with Gasteiger partial charge in [0.2, 0.25) is 0 Å². The van der Waals surface area contributed by atoms with Crippen LogP contribution in [0.1, 0.15) is 48.9 Å². The second-order valence-corrected chi connectivity index (χ2v) is 5.92. The minimum atomic E-state index is -0.496. The van der Waals surface area contributed by atoms with Crippen LogP contribution in [0.2, 0.25) is 0 Å². The summed E-state index contributed by atoms with van der Waals surface area (Å²) in [6, 6.07) is 5.69. The Labute approximate surface area is 140 Å². The molecule has 0 bridgehead atoms. The number of hydrogen-bond donors (Lipinski definition) is 0. The number of non-ortho nitro benzene ring substituents is 1. The monoisotopic (exact) mass is 334 g/mol. The SMILES string of the molecule is COC(=O)CCN(C(=O)c1ccc([N+](=O)[O-])cc1)C1CCCCC1. The number of methoxy groups -OCH3 is 1. The molecular weight excluding hydrogens is 312 g/mol. The molecule has 0 aliphatic heterocycles. The molecule has 130 valence electrons. The van der Waals surface area contributed by atoms with Gasteiger partial charge in [-0.1, -0.05) is 19.3 Å². The molecule has 1 aromatic carbocycles. The summed E-state index contributed by atoms with van der Waals surface area (Å²) in [4.78, 5) is 36.2. The van der Waals surface area contributed by atoms with E-state index < -0.39 is 4.92 Å². The average Bonchev–Trinajstić information content (AvgIpc) is 2.62. The van der Waals surface area contributed by atoms with Crippen LogP contribution in [0.3, 0.4) is 0 Å². The summed E-state index contributed by atoms with van der Waals surface area (Å²) in [6.07, 6.45) is 5.26. The molecule has 7 nitrogen and oxygen atoms in total. The third kappa shape index (κ3) is 4.53. The van der Waals surface area contributed by atoms with E-state index in [0.717, 1.165) is 32.1 Å². The maximum absolute atomic E-state index is 12.8. The molecule has 1 amide bonds. The van der Waals surface area contributed by atoms with Crippen molar-refractivity contribution < 1.29 is 19.2 Å². The Balaban J connectivity index is 2.15. The molecule has 24 heavy (non-hydrogen) atoms. The van der Waals surface area contributed by atoms with Crippen LogP contribution >= 0.6 is 0 Å². The van der Waals surface area contributed by atoms with Gasteiger partial charge in [0.25, 0.3) is 11.6 Å². The summed E-state index contributed by atoms with van der Waals surface area (Å²) in [5, 5.41) is 10.7. The van der Waals surface area contributed by atoms with Crippen molar-refractivity contribution in [2.45, 2.75) is 44.6 Å². The number of carbonyl (C=O) groups excluding carboxylic acids is 2. The van der Waals surface area contributed by atoms with Crippen molar-refractivity contribution in [3.8, 4) is 0 Å². The zero-order valence-corrected chi connectivity index (χ0v) is 13.8. The van der Waals surface area contributed by atoms with Gasteiger partial charge in [0.1, 0.15) is 0 Å². The summed E-state index contributed by atoms with van der Waals surface area (Å²) < 4.78 is 4.66. The van der Waals surface area contributed by atoms with Crippen molar-refractivity contribution in [1.82, 2.24) is 4.90 Å². The summed E-state index contributed by atoms with van der Waals surface area (Å²) in [7, 11) is 1.32. The number of ether oxygens (including phenoxy) is 1. The summed E-state index contributed by atoms with van der Waals surface area (Å²) in [6.45, 7) is 0.299. The lowest BCUT2D eigenvalue weighted by atomic mass is 9.93. The molecule has 7 heteroatoms. The van der Waals surface area contributed by atoms with Crippen LogP contribution in [-0.2, 0) is 9.53 Å². The van der Waals surface area contributed by atoms with Gasteiger partial charge < -0.3 is 9.64 Å². The molecule has 1 aliphatic rings. The highest BCUT2D eigenvalue weighted by molar-refractivity contribution is 5.94. The van der Waals surface area contributed by atoms with E-state index >= 15 is 0 Å². The minimum absolute atomic E-state index is 0.0506. The molecule has 2 rings (SSSR count). The lowest BCUT2D eigenvalue weighted by Gasteiger charge is -2.34. The zero-order chi connectivity index (χ0) is 17.5. The number of hydrogen-bond acceptors (Lipinski definition) is 5. The van der Waals surface area contributed by atoms with Gasteiger partial charge in [-0.25, -0.2) is 0 Å². The molecule has 0 spiro atoms. The Bertz CT molecular complexity index is 594. The quantitative estimate of drug-likeness (QED) is 0.453. The number of nitro benzene ring substituents is 1. The molecule has 0 N–H and O–H groups in total. The highest BCUT2D eigenvalue weighted by Gasteiger charge is 2.27. The summed E-state index contributed by atoms with van der Waals surface area (Å²) >= 11 is 0. The fourth-order valence-corrected chi connectivity index (χ4v) is 3.05. The van der Waals surface area contributed by atoms with Crippen LogP contribution in [0, 0.1) is 10.1 Å². The topological polar surface area (TPSA) is 89.8 Å². The van der Waals surface area contributed by atoms with Gasteiger partial charge in [-0.2, -0.15) is 0 Å². The average molecular weight is 334 g/mol. The van der Waals surface area contributed by atoms with Gasteiger partial charge in [-0.05, 0) is 25.0 Å². The first-order chi connectivity index (χ1) is 11.5. The Kier molecular flexibility index (Phi) is 6.28. The third-order valence-corrected chi connectivity index (χ3v) is 4.39. The zero-order valence-electron chi connectivity index (χ0n) is 13.8. The van der Waals surface area contributed by atoms with E-state index in [1.165, 1.54) is 31.4 Å². The summed E-state index contributed by atoms with van der Waals surface area (Å²) in [5.74, 6) is -0.548. The Hall–Kier alpha value is -2.44. The van der Waals surface area contributed by atoms with Crippen molar-refractivity contribution in [3.05, 3.63) is 39.9 Å². The number of nitro groups is 1.